The number of rotatable bonds is 6. The average molecular weight is 188 g/mol. The first kappa shape index (κ1) is 10.7. The number of benzene rings is 1. The summed E-state index contributed by atoms with van der Waals surface area (Å²) in [5, 5.41) is 0. The predicted octanol–water partition coefficient (Wildman–Crippen LogP) is 2.54. The van der Waals surface area contributed by atoms with E-state index in [0.717, 1.165) is 25.7 Å². The molecule has 0 spiro atoms. The molecule has 73 valence electrons. The molecule has 0 N–H and O–H groups in total. The third-order valence-electron chi connectivity index (χ3n) is 2.05. The Balaban J connectivity index is 2.07. The van der Waals surface area contributed by atoms with Crippen LogP contribution < -0.4 is 0 Å². The maximum atomic E-state index is 9.76. The van der Waals surface area contributed by atoms with Crippen molar-refractivity contribution in [2.75, 3.05) is 6.54 Å². The van der Waals surface area contributed by atoms with Gasteiger partial charge in [-0.05, 0) is 30.9 Å². The van der Waals surface area contributed by atoms with E-state index < -0.39 is 0 Å². The summed E-state index contributed by atoms with van der Waals surface area (Å²) in [5.41, 5.74) is 1.26. The molecule has 0 heterocycles. The number of hydrogen-bond acceptors (Lipinski definition) is 2. The van der Waals surface area contributed by atoms with Crippen molar-refractivity contribution in [1.82, 2.24) is 0 Å². The Labute approximate surface area is 84.7 Å². The van der Waals surface area contributed by atoms with Crippen LogP contribution in [-0.4, -0.2) is 12.6 Å². The fourth-order valence-corrected chi connectivity index (χ4v) is 1.31. The largest absolute Gasteiger partial charge is 0.234 e. The first-order valence-electron chi connectivity index (χ1n) is 4.92. The summed E-state index contributed by atoms with van der Waals surface area (Å²) in [5.74, 6) is 0. The van der Waals surface area contributed by atoms with Gasteiger partial charge in [-0.1, -0.05) is 30.7 Å². The molecule has 0 atom stereocenters. The van der Waals surface area contributed by atoms with Gasteiger partial charge in [-0.25, -0.2) is 9.79 Å². The molecule has 0 aliphatic carbocycles. The fourth-order valence-electron chi connectivity index (χ4n) is 1.31. The highest BCUT2D eigenvalue weighted by Gasteiger charge is 1.92. The minimum Gasteiger partial charge on any atom is -0.211 e. The number of isocyanates is 1. The molecule has 0 aliphatic rings. The highest BCUT2D eigenvalue weighted by atomic mass is 16.1. The molecule has 0 fully saturated rings. The first-order chi connectivity index (χ1) is 6.93. The van der Waals surface area contributed by atoms with Crippen LogP contribution in [0.3, 0.4) is 0 Å². The lowest BCUT2D eigenvalue weighted by atomic mass is 10.1. The van der Waals surface area contributed by atoms with Gasteiger partial charge in [0.1, 0.15) is 0 Å². The molecule has 2 nitrogen and oxygen atoms in total. The summed E-state index contributed by atoms with van der Waals surface area (Å²) in [4.78, 5) is 13.3. The highest BCUT2D eigenvalue weighted by molar-refractivity contribution is 5.32. The Hall–Kier alpha value is -1.40. The summed E-state index contributed by atoms with van der Waals surface area (Å²) >= 11 is 0. The third kappa shape index (κ3) is 4.58. The van der Waals surface area contributed by atoms with Crippen molar-refractivity contribution in [3.63, 3.8) is 0 Å². The van der Waals surface area contributed by atoms with Gasteiger partial charge in [0.05, 0.1) is 6.54 Å². The van der Waals surface area contributed by atoms with Gasteiger partial charge in [0, 0.05) is 0 Å². The van der Waals surface area contributed by atoms with Crippen LogP contribution in [-0.2, 0) is 11.2 Å². The van der Waals surface area contributed by atoms with Crippen molar-refractivity contribution in [3.8, 4) is 0 Å². The second-order valence-corrected chi connectivity index (χ2v) is 3.17. The number of aryl methyl sites for hydroxylation is 1. The first-order valence-corrected chi connectivity index (χ1v) is 4.92. The second-order valence-electron chi connectivity index (χ2n) is 3.17. The van der Waals surface area contributed by atoms with Crippen LogP contribution in [0, 0.1) is 6.07 Å². The number of aliphatic imine (C=N–C) groups is 1. The van der Waals surface area contributed by atoms with Crippen molar-refractivity contribution < 1.29 is 4.79 Å². The lowest BCUT2D eigenvalue weighted by molar-refractivity contribution is 0.561. The minimum atomic E-state index is 0.613. The van der Waals surface area contributed by atoms with Gasteiger partial charge < -0.3 is 0 Å². The summed E-state index contributed by atoms with van der Waals surface area (Å²) in [6.07, 6.45) is 5.82. The summed E-state index contributed by atoms with van der Waals surface area (Å²) < 4.78 is 0. The van der Waals surface area contributed by atoms with Crippen molar-refractivity contribution in [2.24, 2.45) is 4.99 Å². The van der Waals surface area contributed by atoms with Crippen molar-refractivity contribution in [2.45, 2.75) is 25.7 Å². The normalized spacial score (nSPS) is 9.43. The molecule has 14 heavy (non-hydrogen) atoms. The fraction of sp³-hybridized carbons (Fsp3) is 0.417. The molecule has 0 bridgehead atoms. The molecule has 1 aromatic carbocycles. The number of carbonyl (C=O) groups excluding carboxylic acids is 1. The Morgan fingerprint density at radius 2 is 2.21 bits per heavy atom. The van der Waals surface area contributed by atoms with Crippen molar-refractivity contribution in [3.05, 3.63) is 35.9 Å². The smallest absolute Gasteiger partial charge is 0.211 e. The highest BCUT2D eigenvalue weighted by Crippen LogP contribution is 2.05. The number of hydrogen-bond donors (Lipinski definition) is 0. The Kier molecular flexibility index (Phi) is 5.38. The summed E-state index contributed by atoms with van der Waals surface area (Å²) in [7, 11) is 0. The molecule has 2 heteroatoms. The number of unbranched alkanes of at least 4 members (excludes halogenated alkanes) is 2. The third-order valence-corrected chi connectivity index (χ3v) is 2.05. The maximum absolute atomic E-state index is 9.76. The quantitative estimate of drug-likeness (QED) is 0.383. The van der Waals surface area contributed by atoms with E-state index in [2.05, 4.69) is 17.1 Å². The monoisotopic (exact) mass is 188 g/mol. The molecule has 0 aliphatic heterocycles. The zero-order valence-corrected chi connectivity index (χ0v) is 8.20. The van der Waals surface area contributed by atoms with E-state index in [-0.39, 0.29) is 0 Å². The summed E-state index contributed by atoms with van der Waals surface area (Å²) in [6, 6.07) is 11.2. The minimum absolute atomic E-state index is 0.613. The molecule has 1 rings (SSSR count). The zero-order valence-electron chi connectivity index (χ0n) is 8.20. The molecule has 0 saturated heterocycles. The molecule has 0 unspecified atom stereocenters. The number of nitrogens with zero attached hydrogens (tertiary/aromatic N) is 1. The Bertz CT molecular complexity index is 288. The van der Waals surface area contributed by atoms with Crippen molar-refractivity contribution >= 4 is 6.08 Å². The standard InChI is InChI=1S/C12H14NO/c14-11-13-10-6-2-5-9-12-7-3-1-4-8-12/h1,3-4,7H,2,5-6,9-10H2. The van der Waals surface area contributed by atoms with Gasteiger partial charge in [-0.2, -0.15) is 0 Å². The van der Waals surface area contributed by atoms with E-state index in [0.29, 0.717) is 6.54 Å². The molecule has 0 aromatic heterocycles. The van der Waals surface area contributed by atoms with E-state index in [1.54, 1.807) is 6.08 Å². The van der Waals surface area contributed by atoms with Crippen LogP contribution in [0.1, 0.15) is 24.8 Å². The molecular formula is C12H14NO. The molecule has 1 radical (unpaired) electrons. The van der Waals surface area contributed by atoms with E-state index >= 15 is 0 Å². The van der Waals surface area contributed by atoms with Crippen LogP contribution >= 0.6 is 0 Å². The SMILES string of the molecule is O=C=NCCCCCc1[c]cccc1. The summed E-state index contributed by atoms with van der Waals surface area (Å²) in [6.45, 7) is 0.613. The average Bonchev–Trinajstić information content (AvgIpc) is 2.25. The van der Waals surface area contributed by atoms with Gasteiger partial charge in [0.2, 0.25) is 6.08 Å². The van der Waals surface area contributed by atoms with Gasteiger partial charge in [-0.15, -0.1) is 0 Å². The van der Waals surface area contributed by atoms with Crippen LogP contribution in [0.15, 0.2) is 29.3 Å². The second kappa shape index (κ2) is 7.05. The van der Waals surface area contributed by atoms with Gasteiger partial charge >= 0.3 is 0 Å². The van der Waals surface area contributed by atoms with Crippen LogP contribution in [0.25, 0.3) is 0 Å². The van der Waals surface area contributed by atoms with E-state index in [1.165, 1.54) is 5.56 Å². The lowest BCUT2D eigenvalue weighted by Crippen LogP contribution is -1.87. The molecule has 0 saturated carbocycles. The van der Waals surface area contributed by atoms with E-state index in [4.69, 9.17) is 0 Å². The van der Waals surface area contributed by atoms with Gasteiger partial charge in [0.25, 0.3) is 0 Å². The van der Waals surface area contributed by atoms with E-state index in [1.807, 2.05) is 18.2 Å². The maximum Gasteiger partial charge on any atom is 0.234 e. The van der Waals surface area contributed by atoms with Gasteiger partial charge in [-0.3, -0.25) is 0 Å². The molecular weight excluding hydrogens is 174 g/mol. The van der Waals surface area contributed by atoms with Crippen LogP contribution in [0.5, 0.6) is 0 Å². The molecule has 1 aromatic rings. The topological polar surface area (TPSA) is 29.4 Å². The Morgan fingerprint density at radius 1 is 1.29 bits per heavy atom. The Morgan fingerprint density at radius 3 is 2.93 bits per heavy atom. The van der Waals surface area contributed by atoms with Crippen LogP contribution in [0.4, 0.5) is 0 Å². The van der Waals surface area contributed by atoms with Crippen LogP contribution in [0.2, 0.25) is 0 Å². The van der Waals surface area contributed by atoms with E-state index in [9.17, 15) is 4.79 Å². The molecule has 0 amide bonds. The lowest BCUT2D eigenvalue weighted by Gasteiger charge is -1.98. The predicted molar refractivity (Wildman–Crippen MR) is 55.8 cm³/mol. The van der Waals surface area contributed by atoms with Gasteiger partial charge in [0.15, 0.2) is 0 Å². The zero-order chi connectivity index (χ0) is 10.1. The van der Waals surface area contributed by atoms with Crippen molar-refractivity contribution in [1.29, 1.82) is 0 Å².